The van der Waals surface area contributed by atoms with E-state index in [0.717, 1.165) is 5.57 Å². The van der Waals surface area contributed by atoms with E-state index in [9.17, 15) is 33.9 Å². The van der Waals surface area contributed by atoms with Crippen molar-refractivity contribution >= 4 is 41.3 Å². The SMILES string of the molecule is CCC(=O)CCCOCCOCC(=O)NCCOCCOCC(=O)NCCCC[C@H](CCC(=O)C(C)NC(=O)CC1=CN=CC1)C(=O)CO. The van der Waals surface area contributed by atoms with Gasteiger partial charge in [-0.15, -0.1) is 0 Å². The molecule has 0 saturated heterocycles. The molecule has 0 fully saturated rings. The maximum atomic E-state index is 12.5. The Labute approximate surface area is 289 Å². The van der Waals surface area contributed by atoms with Crippen molar-refractivity contribution < 1.29 is 52.8 Å². The van der Waals surface area contributed by atoms with Gasteiger partial charge in [0.2, 0.25) is 17.7 Å². The second-order valence-corrected chi connectivity index (χ2v) is 11.6. The van der Waals surface area contributed by atoms with E-state index in [1.807, 2.05) is 6.92 Å². The van der Waals surface area contributed by atoms with Crippen molar-refractivity contribution in [3.63, 3.8) is 0 Å². The van der Waals surface area contributed by atoms with Crippen LogP contribution in [0.15, 0.2) is 16.8 Å². The van der Waals surface area contributed by atoms with Crippen LogP contribution in [0.4, 0.5) is 0 Å². The number of rotatable bonds is 32. The number of aliphatic hydroxyl groups is 1. The summed E-state index contributed by atoms with van der Waals surface area (Å²) in [5.74, 6) is -1.59. The van der Waals surface area contributed by atoms with E-state index in [4.69, 9.17) is 18.9 Å². The van der Waals surface area contributed by atoms with Crippen LogP contribution in [-0.4, -0.2) is 125 Å². The molecule has 0 aromatic carbocycles. The predicted molar refractivity (Wildman–Crippen MR) is 181 cm³/mol. The van der Waals surface area contributed by atoms with Gasteiger partial charge in [-0.25, -0.2) is 0 Å². The quantitative estimate of drug-likeness (QED) is 0.0730. The molecule has 2 atom stereocenters. The molecule has 0 aromatic rings. The fourth-order valence-corrected chi connectivity index (χ4v) is 4.63. The number of nitrogens with zero attached hydrogens (tertiary/aromatic N) is 1. The van der Waals surface area contributed by atoms with Crippen molar-refractivity contribution in [2.45, 2.75) is 84.1 Å². The number of aliphatic imine (C=N–C) groups is 1. The summed E-state index contributed by atoms with van der Waals surface area (Å²) in [5, 5.41) is 17.5. The van der Waals surface area contributed by atoms with Crippen LogP contribution in [0.5, 0.6) is 0 Å². The zero-order chi connectivity index (χ0) is 36.1. The summed E-state index contributed by atoms with van der Waals surface area (Å²) in [4.78, 5) is 75.8. The van der Waals surface area contributed by atoms with Crippen LogP contribution in [-0.2, 0) is 47.7 Å². The average molecular weight is 697 g/mol. The highest BCUT2D eigenvalue weighted by Gasteiger charge is 2.22. The van der Waals surface area contributed by atoms with Crippen molar-refractivity contribution in [3.05, 3.63) is 11.8 Å². The second kappa shape index (κ2) is 28.5. The Bertz CT molecular complexity index is 1080. The molecule has 4 N–H and O–H groups in total. The van der Waals surface area contributed by atoms with E-state index in [1.165, 1.54) is 0 Å². The number of ketones is 3. The molecular formula is C34H56N4O11. The first-order valence-corrected chi connectivity index (χ1v) is 17.2. The molecule has 0 radical (unpaired) electrons. The normalized spacial score (nSPS) is 13.4. The molecule has 0 saturated carbocycles. The number of carbonyl (C=O) groups excluding carboxylic acids is 6. The third-order valence-corrected chi connectivity index (χ3v) is 7.53. The fourth-order valence-electron chi connectivity index (χ4n) is 4.63. The molecule has 1 heterocycles. The number of unbranched alkanes of at least 4 members (excludes halogenated alkanes) is 1. The van der Waals surface area contributed by atoms with Gasteiger partial charge in [-0.05, 0) is 38.2 Å². The minimum atomic E-state index is -0.680. The third kappa shape index (κ3) is 23.6. The van der Waals surface area contributed by atoms with Crippen molar-refractivity contribution in [1.29, 1.82) is 0 Å². The largest absolute Gasteiger partial charge is 0.389 e. The number of hydrogen-bond donors (Lipinski definition) is 4. The van der Waals surface area contributed by atoms with Gasteiger partial charge in [-0.2, -0.15) is 0 Å². The van der Waals surface area contributed by atoms with Crippen LogP contribution < -0.4 is 16.0 Å². The van der Waals surface area contributed by atoms with Crippen molar-refractivity contribution in [1.82, 2.24) is 16.0 Å². The summed E-state index contributed by atoms with van der Waals surface area (Å²) in [5.41, 5.74) is 0.882. The molecule has 49 heavy (non-hydrogen) atoms. The Morgan fingerprint density at radius 2 is 1.43 bits per heavy atom. The lowest BCUT2D eigenvalue weighted by Gasteiger charge is -2.17. The number of aliphatic hydroxyl groups excluding tert-OH is 1. The van der Waals surface area contributed by atoms with Crippen LogP contribution >= 0.6 is 0 Å². The topological polar surface area (TPSA) is 208 Å². The monoisotopic (exact) mass is 696 g/mol. The lowest BCUT2D eigenvalue weighted by molar-refractivity contribution is -0.129. The summed E-state index contributed by atoms with van der Waals surface area (Å²) in [6.45, 7) is 5.17. The van der Waals surface area contributed by atoms with Crippen LogP contribution in [0.1, 0.15) is 78.1 Å². The van der Waals surface area contributed by atoms with Crippen LogP contribution in [0.3, 0.4) is 0 Å². The lowest BCUT2D eigenvalue weighted by atomic mass is 9.91. The zero-order valence-corrected chi connectivity index (χ0v) is 29.1. The molecule has 278 valence electrons. The van der Waals surface area contributed by atoms with Crippen molar-refractivity contribution in [2.75, 3.05) is 72.6 Å². The minimum Gasteiger partial charge on any atom is -0.389 e. The molecule has 15 nitrogen and oxygen atoms in total. The van der Waals surface area contributed by atoms with Crippen LogP contribution in [0.25, 0.3) is 0 Å². The molecule has 0 aliphatic carbocycles. The van der Waals surface area contributed by atoms with Gasteiger partial charge in [-0.1, -0.05) is 13.3 Å². The first kappa shape index (κ1) is 43.7. The summed E-state index contributed by atoms with van der Waals surface area (Å²) >= 11 is 0. The van der Waals surface area contributed by atoms with Gasteiger partial charge < -0.3 is 40.0 Å². The number of Topliss-reactive ketones (excluding diaryl/α,β-unsaturated/α-hetero) is 3. The predicted octanol–water partition coefficient (Wildman–Crippen LogP) is 0.995. The first-order valence-electron chi connectivity index (χ1n) is 17.2. The van der Waals surface area contributed by atoms with Crippen LogP contribution in [0.2, 0.25) is 0 Å². The summed E-state index contributed by atoms with van der Waals surface area (Å²) in [6.07, 6.45) is 7.98. The summed E-state index contributed by atoms with van der Waals surface area (Å²) < 4.78 is 21.3. The standard InChI is InChI=1S/C34H56N4O11/c1-3-29(40)8-6-15-46-17-19-48-25-34(45)37-14-16-47-18-20-49-24-33(44)36-12-5-4-7-28(31(42)23-39)9-10-30(41)26(2)38-32(43)21-27-11-13-35-22-27/h13,22,26,28,39H,3-12,14-21,23-25H2,1-2H3,(H,36,44)(H,37,45)(H,38,43)/t26?,28-/m1/s1. The average Bonchev–Trinajstić information content (AvgIpc) is 3.60. The van der Waals surface area contributed by atoms with Gasteiger partial charge in [0.05, 0.1) is 39.1 Å². The van der Waals surface area contributed by atoms with Crippen molar-refractivity contribution in [2.24, 2.45) is 10.9 Å². The van der Waals surface area contributed by atoms with Gasteiger partial charge in [-0.3, -0.25) is 33.8 Å². The molecular weight excluding hydrogens is 640 g/mol. The Morgan fingerprint density at radius 1 is 0.776 bits per heavy atom. The second-order valence-electron chi connectivity index (χ2n) is 11.6. The number of carbonyl (C=O) groups is 6. The van der Waals surface area contributed by atoms with E-state index in [1.54, 1.807) is 19.3 Å². The minimum absolute atomic E-state index is 0.0875. The highest BCUT2D eigenvalue weighted by molar-refractivity contribution is 5.90. The molecule has 1 aliphatic rings. The Hall–Kier alpha value is -3.37. The third-order valence-electron chi connectivity index (χ3n) is 7.53. The molecule has 1 aliphatic heterocycles. The van der Waals surface area contributed by atoms with E-state index >= 15 is 0 Å². The highest BCUT2D eigenvalue weighted by atomic mass is 16.5. The van der Waals surface area contributed by atoms with E-state index < -0.39 is 18.6 Å². The number of amides is 3. The van der Waals surface area contributed by atoms with Gasteiger partial charge >= 0.3 is 0 Å². The maximum Gasteiger partial charge on any atom is 0.246 e. The first-order chi connectivity index (χ1) is 23.7. The smallest absolute Gasteiger partial charge is 0.246 e. The molecule has 0 aromatic heterocycles. The fraction of sp³-hybridized carbons (Fsp3) is 0.735. The van der Waals surface area contributed by atoms with E-state index in [2.05, 4.69) is 20.9 Å². The summed E-state index contributed by atoms with van der Waals surface area (Å²) in [7, 11) is 0. The zero-order valence-electron chi connectivity index (χ0n) is 29.1. The van der Waals surface area contributed by atoms with Gasteiger partial charge in [0.15, 0.2) is 11.6 Å². The van der Waals surface area contributed by atoms with Crippen LogP contribution in [0, 0.1) is 5.92 Å². The lowest BCUT2D eigenvalue weighted by Crippen LogP contribution is -2.38. The Balaban J connectivity index is 2.02. The Morgan fingerprint density at radius 3 is 2.06 bits per heavy atom. The van der Waals surface area contributed by atoms with E-state index in [-0.39, 0.29) is 94.0 Å². The number of hydrogen-bond acceptors (Lipinski definition) is 12. The van der Waals surface area contributed by atoms with Gasteiger partial charge in [0.1, 0.15) is 25.6 Å². The summed E-state index contributed by atoms with van der Waals surface area (Å²) in [6, 6.07) is -0.680. The molecule has 15 heteroatoms. The number of ether oxygens (including phenoxy) is 4. The molecule has 0 spiro atoms. The van der Waals surface area contributed by atoms with Gasteiger partial charge in [0.25, 0.3) is 0 Å². The highest BCUT2D eigenvalue weighted by Crippen LogP contribution is 2.17. The molecule has 1 unspecified atom stereocenters. The number of nitrogens with one attached hydrogen (secondary N) is 3. The van der Waals surface area contributed by atoms with E-state index in [0.29, 0.717) is 71.2 Å². The molecule has 0 bridgehead atoms. The maximum absolute atomic E-state index is 12.5. The Kier molecular flexibility index (Phi) is 25.4. The molecule has 1 rings (SSSR count). The molecule has 3 amide bonds. The van der Waals surface area contributed by atoms with Gasteiger partial charge in [0, 0.05) is 70.1 Å². The van der Waals surface area contributed by atoms with Crippen molar-refractivity contribution in [3.8, 4) is 0 Å².